The fourth-order valence-electron chi connectivity index (χ4n) is 0.605. The van der Waals surface area contributed by atoms with E-state index in [1.165, 1.54) is 5.19 Å². The van der Waals surface area contributed by atoms with Crippen molar-refractivity contribution in [2.75, 3.05) is 0 Å². The van der Waals surface area contributed by atoms with Crippen molar-refractivity contribution < 1.29 is 0 Å². The first-order chi connectivity index (χ1) is 3.93. The van der Waals surface area contributed by atoms with Crippen molar-refractivity contribution in [3.8, 4) is 0 Å². The van der Waals surface area contributed by atoms with Crippen LogP contribution in [0.25, 0.3) is 0 Å². The monoisotopic (exact) mass is 120 g/mol. The maximum absolute atomic E-state index is 2.19. The van der Waals surface area contributed by atoms with Crippen LogP contribution in [0.1, 0.15) is 0 Å². The Morgan fingerprint density at radius 1 is 1.12 bits per heavy atom. The van der Waals surface area contributed by atoms with Crippen molar-refractivity contribution in [3.63, 3.8) is 0 Å². The summed E-state index contributed by atoms with van der Waals surface area (Å²) in [6, 6.07) is 10.5. The van der Waals surface area contributed by atoms with Gasteiger partial charge in [0.2, 0.25) is 0 Å². The molecule has 0 atom stereocenters. The third-order valence-electron chi connectivity index (χ3n) is 1.06. The topological polar surface area (TPSA) is 0 Å². The van der Waals surface area contributed by atoms with Gasteiger partial charge in [0.25, 0.3) is 0 Å². The molecular formula is C7H8Si+. The van der Waals surface area contributed by atoms with Gasteiger partial charge in [-0.3, -0.25) is 0 Å². The minimum absolute atomic E-state index is 0.930. The van der Waals surface area contributed by atoms with Crippen molar-refractivity contribution in [1.29, 1.82) is 0 Å². The maximum atomic E-state index is 2.19. The molecule has 1 heteroatoms. The molecule has 1 aromatic rings. The lowest BCUT2D eigenvalue weighted by atomic mass is 10.4. The molecular weight excluding hydrogens is 112 g/mol. The van der Waals surface area contributed by atoms with Gasteiger partial charge in [-0.25, -0.2) is 0 Å². The average Bonchev–Trinajstić information content (AvgIpc) is 1.90. The molecule has 0 unspecified atom stereocenters. The number of rotatable bonds is 1. The predicted molar refractivity (Wildman–Crippen MR) is 37.7 cm³/mol. The normalized spacial score (nSPS) is 8.62. The smallest absolute Gasteiger partial charge is 0.0621 e. The van der Waals surface area contributed by atoms with Gasteiger partial charge in [0.05, 0.1) is 6.55 Å². The second kappa shape index (κ2) is 2.67. The molecule has 0 saturated heterocycles. The Hall–Kier alpha value is -0.563. The molecule has 0 nitrogen and oxygen atoms in total. The van der Waals surface area contributed by atoms with Gasteiger partial charge in [0.1, 0.15) is 5.19 Å². The average molecular weight is 120 g/mol. The summed E-state index contributed by atoms with van der Waals surface area (Å²) >= 11 is 0. The van der Waals surface area contributed by atoms with Gasteiger partial charge in [0.15, 0.2) is 0 Å². The van der Waals surface area contributed by atoms with Gasteiger partial charge in [-0.15, -0.1) is 0 Å². The minimum Gasteiger partial charge on any atom is -0.0621 e. The second-order valence-corrected chi connectivity index (χ2v) is 2.69. The predicted octanol–water partition coefficient (Wildman–Crippen LogP) is 1.06. The molecule has 0 spiro atoms. The van der Waals surface area contributed by atoms with Crippen LogP contribution in [0.3, 0.4) is 0 Å². The van der Waals surface area contributed by atoms with E-state index in [0.717, 1.165) is 9.52 Å². The van der Waals surface area contributed by atoms with E-state index in [9.17, 15) is 0 Å². The fraction of sp³-hybridized carbons (Fsp3) is 0.143. The number of benzene rings is 1. The number of hydrogen-bond acceptors (Lipinski definition) is 0. The maximum Gasteiger partial charge on any atom is 0.520 e. The molecule has 1 aromatic carbocycles. The van der Waals surface area contributed by atoms with Gasteiger partial charge in [-0.05, 0) is 12.1 Å². The van der Waals surface area contributed by atoms with Crippen LogP contribution in [0.4, 0.5) is 0 Å². The Kier molecular flexibility index (Phi) is 1.86. The largest absolute Gasteiger partial charge is 0.520 e. The van der Waals surface area contributed by atoms with Crippen LogP contribution < -0.4 is 5.19 Å². The zero-order valence-corrected chi connectivity index (χ0v) is 5.89. The van der Waals surface area contributed by atoms with Crippen LogP contribution >= 0.6 is 0 Å². The van der Waals surface area contributed by atoms with Gasteiger partial charge in [-0.1, -0.05) is 18.2 Å². The Morgan fingerprint density at radius 2 is 1.75 bits per heavy atom. The van der Waals surface area contributed by atoms with Crippen molar-refractivity contribution >= 4 is 14.7 Å². The summed E-state index contributed by atoms with van der Waals surface area (Å²) in [6.07, 6.45) is 0. The van der Waals surface area contributed by atoms with E-state index in [0.29, 0.717) is 0 Å². The van der Waals surface area contributed by atoms with Crippen LogP contribution in [0.2, 0.25) is 6.55 Å². The summed E-state index contributed by atoms with van der Waals surface area (Å²) in [6.45, 7) is 2.19. The van der Waals surface area contributed by atoms with Crippen molar-refractivity contribution in [2.24, 2.45) is 0 Å². The van der Waals surface area contributed by atoms with Crippen LogP contribution in [-0.4, -0.2) is 9.52 Å². The highest BCUT2D eigenvalue weighted by Crippen LogP contribution is 1.79. The molecule has 0 aliphatic rings. The molecule has 0 amide bonds. The minimum atomic E-state index is 0.930. The zero-order chi connectivity index (χ0) is 5.82. The van der Waals surface area contributed by atoms with Crippen LogP contribution in [-0.2, 0) is 0 Å². The molecule has 0 aliphatic heterocycles. The van der Waals surface area contributed by atoms with E-state index in [1.807, 2.05) is 6.07 Å². The van der Waals surface area contributed by atoms with E-state index < -0.39 is 0 Å². The van der Waals surface area contributed by atoms with E-state index in [1.54, 1.807) is 0 Å². The Balaban J connectivity index is 2.83. The molecule has 0 N–H and O–H groups in total. The van der Waals surface area contributed by atoms with Crippen molar-refractivity contribution in [3.05, 3.63) is 30.3 Å². The molecule has 0 bridgehead atoms. The number of hydrogen-bond donors (Lipinski definition) is 0. The highest BCUT2D eigenvalue weighted by Gasteiger charge is 2.01. The van der Waals surface area contributed by atoms with Gasteiger partial charge in [0, 0.05) is 0 Å². The third kappa shape index (κ3) is 1.20. The van der Waals surface area contributed by atoms with E-state index in [2.05, 4.69) is 30.8 Å². The van der Waals surface area contributed by atoms with Crippen molar-refractivity contribution in [2.45, 2.75) is 6.55 Å². The molecule has 39 valence electrons. The van der Waals surface area contributed by atoms with Gasteiger partial charge in [-0.2, -0.15) is 0 Å². The highest BCUT2D eigenvalue weighted by molar-refractivity contribution is 6.51. The zero-order valence-electron chi connectivity index (χ0n) is 4.89. The lowest BCUT2D eigenvalue weighted by Crippen LogP contribution is -2.07. The Morgan fingerprint density at radius 3 is 2.12 bits per heavy atom. The molecule has 0 fully saturated rings. The summed E-state index contributed by atoms with van der Waals surface area (Å²) in [5.74, 6) is 0. The summed E-state index contributed by atoms with van der Waals surface area (Å²) < 4.78 is 0. The first-order valence-electron chi connectivity index (χ1n) is 2.66. The van der Waals surface area contributed by atoms with E-state index in [-0.39, 0.29) is 0 Å². The third-order valence-corrected chi connectivity index (χ3v) is 1.97. The molecule has 8 heavy (non-hydrogen) atoms. The van der Waals surface area contributed by atoms with Crippen LogP contribution in [0, 0.1) is 0 Å². The lowest BCUT2D eigenvalue weighted by Gasteiger charge is -1.76. The van der Waals surface area contributed by atoms with E-state index in [4.69, 9.17) is 0 Å². The Labute approximate surface area is 52.4 Å². The highest BCUT2D eigenvalue weighted by atomic mass is 28.2. The summed E-state index contributed by atoms with van der Waals surface area (Å²) in [5.41, 5.74) is 0. The summed E-state index contributed by atoms with van der Waals surface area (Å²) in [7, 11) is 0.930. The molecule has 0 aromatic heterocycles. The molecule has 1 rings (SSSR count). The molecule has 0 saturated carbocycles. The molecule has 0 heterocycles. The van der Waals surface area contributed by atoms with Crippen molar-refractivity contribution in [1.82, 2.24) is 0 Å². The first kappa shape index (κ1) is 5.57. The molecule has 1 radical (unpaired) electrons. The summed E-state index contributed by atoms with van der Waals surface area (Å²) in [5, 5.41) is 1.44. The van der Waals surface area contributed by atoms with Crippen LogP contribution in [0.15, 0.2) is 30.3 Å². The van der Waals surface area contributed by atoms with Gasteiger partial charge < -0.3 is 0 Å². The fourth-order valence-corrected chi connectivity index (χ4v) is 1.13. The van der Waals surface area contributed by atoms with Gasteiger partial charge >= 0.3 is 9.52 Å². The SMILES string of the molecule is C[Si+]c1ccccc1. The van der Waals surface area contributed by atoms with Crippen LogP contribution in [0.5, 0.6) is 0 Å². The molecule has 0 aliphatic carbocycles. The standard InChI is InChI=1S/C7H8Si/c1-8-7-5-3-2-4-6-7/h2-6H,1H3/q+1. The Bertz CT molecular complexity index is 146. The summed E-state index contributed by atoms with van der Waals surface area (Å²) in [4.78, 5) is 0. The lowest BCUT2D eigenvalue weighted by molar-refractivity contribution is 1.77. The quantitative estimate of drug-likeness (QED) is 0.486. The first-order valence-corrected chi connectivity index (χ1v) is 4.16. The second-order valence-electron chi connectivity index (χ2n) is 1.62. The van der Waals surface area contributed by atoms with E-state index >= 15 is 0 Å².